The summed E-state index contributed by atoms with van der Waals surface area (Å²) < 4.78 is 0.839. The Bertz CT molecular complexity index is 803. The highest BCUT2D eigenvalue weighted by molar-refractivity contribution is 9.10. The van der Waals surface area contributed by atoms with E-state index in [9.17, 15) is 14.4 Å². The molecule has 0 aromatic heterocycles. The number of anilines is 1. The third-order valence-corrected chi connectivity index (χ3v) is 3.40. The van der Waals surface area contributed by atoms with Gasteiger partial charge in [0.1, 0.15) is 0 Å². The molecule has 2 aromatic carbocycles. The number of hydrazone groups is 1. The minimum Gasteiger partial charge on any atom is -0.478 e. The van der Waals surface area contributed by atoms with Gasteiger partial charge in [0.05, 0.1) is 11.8 Å². The Morgan fingerprint density at radius 3 is 2.33 bits per heavy atom. The number of hydrogen-bond acceptors (Lipinski definition) is 4. The molecule has 0 unspecified atom stereocenters. The maximum absolute atomic E-state index is 11.7. The lowest BCUT2D eigenvalue weighted by molar-refractivity contribution is -0.136. The number of aromatic carboxylic acids is 1. The summed E-state index contributed by atoms with van der Waals surface area (Å²) in [4.78, 5) is 34.4. The summed E-state index contributed by atoms with van der Waals surface area (Å²) in [5, 5.41) is 15.0. The van der Waals surface area contributed by atoms with E-state index in [1.54, 1.807) is 36.4 Å². The van der Waals surface area contributed by atoms with Crippen molar-refractivity contribution in [3.63, 3.8) is 0 Å². The summed E-state index contributed by atoms with van der Waals surface area (Å²) in [5.41, 5.74) is 2.84. The second kappa shape index (κ2) is 8.02. The van der Waals surface area contributed by atoms with E-state index in [-0.39, 0.29) is 5.56 Å². The van der Waals surface area contributed by atoms with Crippen LogP contribution in [0.25, 0.3) is 0 Å². The van der Waals surface area contributed by atoms with Crippen molar-refractivity contribution in [3.05, 3.63) is 64.1 Å². The Hall–Kier alpha value is -3.00. The normalized spacial score (nSPS) is 10.4. The van der Waals surface area contributed by atoms with Crippen molar-refractivity contribution in [2.45, 2.75) is 0 Å². The number of benzene rings is 2. The van der Waals surface area contributed by atoms with Gasteiger partial charge in [-0.25, -0.2) is 10.2 Å². The zero-order valence-corrected chi connectivity index (χ0v) is 13.8. The predicted molar refractivity (Wildman–Crippen MR) is 91.9 cm³/mol. The van der Waals surface area contributed by atoms with E-state index < -0.39 is 17.8 Å². The fourth-order valence-corrected chi connectivity index (χ4v) is 2.00. The Morgan fingerprint density at radius 1 is 1.00 bits per heavy atom. The van der Waals surface area contributed by atoms with Crippen molar-refractivity contribution < 1.29 is 19.5 Å². The number of halogens is 1. The van der Waals surface area contributed by atoms with E-state index in [4.69, 9.17) is 5.11 Å². The maximum Gasteiger partial charge on any atom is 0.336 e. The molecule has 0 aliphatic heterocycles. The number of carbonyl (C=O) groups is 3. The molecule has 122 valence electrons. The van der Waals surface area contributed by atoms with Gasteiger partial charge in [0.2, 0.25) is 0 Å². The van der Waals surface area contributed by atoms with Gasteiger partial charge in [-0.05, 0) is 30.3 Å². The van der Waals surface area contributed by atoms with Gasteiger partial charge in [-0.1, -0.05) is 34.1 Å². The first kappa shape index (κ1) is 17.4. The highest BCUT2D eigenvalue weighted by Gasteiger charge is 2.13. The molecular weight excluding hydrogens is 378 g/mol. The van der Waals surface area contributed by atoms with Crippen LogP contribution in [0.1, 0.15) is 15.9 Å². The fraction of sp³-hybridized carbons (Fsp3) is 0. The van der Waals surface area contributed by atoms with E-state index in [0.717, 1.165) is 10.7 Å². The molecule has 24 heavy (non-hydrogen) atoms. The summed E-state index contributed by atoms with van der Waals surface area (Å²) in [5.74, 6) is -2.97. The highest BCUT2D eigenvalue weighted by atomic mass is 79.9. The molecule has 0 spiro atoms. The first-order valence-electron chi connectivity index (χ1n) is 6.69. The molecule has 2 amide bonds. The monoisotopic (exact) mass is 389 g/mol. The summed E-state index contributed by atoms with van der Waals surface area (Å²) in [6.07, 6.45) is 1.16. The first-order valence-corrected chi connectivity index (χ1v) is 7.49. The third-order valence-electron chi connectivity index (χ3n) is 2.87. The van der Waals surface area contributed by atoms with Crippen molar-refractivity contribution >= 4 is 45.6 Å². The lowest BCUT2D eigenvalue weighted by Gasteiger charge is -2.04. The minimum absolute atomic E-state index is 0.0369. The molecule has 0 aliphatic rings. The van der Waals surface area contributed by atoms with Gasteiger partial charge in [0.25, 0.3) is 0 Å². The summed E-state index contributed by atoms with van der Waals surface area (Å²) in [6, 6.07) is 12.8. The van der Waals surface area contributed by atoms with Crippen LogP contribution in [-0.4, -0.2) is 29.1 Å². The first-order chi connectivity index (χ1) is 11.5. The van der Waals surface area contributed by atoms with Crippen LogP contribution < -0.4 is 10.7 Å². The van der Waals surface area contributed by atoms with Gasteiger partial charge < -0.3 is 10.4 Å². The highest BCUT2D eigenvalue weighted by Crippen LogP contribution is 2.13. The largest absolute Gasteiger partial charge is 0.478 e. The van der Waals surface area contributed by atoms with Crippen molar-refractivity contribution in [1.29, 1.82) is 0 Å². The van der Waals surface area contributed by atoms with Crippen molar-refractivity contribution in [3.8, 4) is 0 Å². The Kier molecular flexibility index (Phi) is 5.80. The second-order valence-corrected chi connectivity index (χ2v) is 5.47. The van der Waals surface area contributed by atoms with E-state index in [2.05, 4.69) is 26.3 Å². The van der Waals surface area contributed by atoms with Crippen LogP contribution >= 0.6 is 15.9 Å². The zero-order valence-electron chi connectivity index (χ0n) is 12.2. The number of nitrogens with one attached hydrogen (secondary N) is 2. The summed E-state index contributed by atoms with van der Waals surface area (Å²) in [6.45, 7) is 0. The van der Waals surface area contributed by atoms with Gasteiger partial charge in [-0.2, -0.15) is 5.10 Å². The molecule has 0 fully saturated rings. The number of carboxylic acid groups (broad SMARTS) is 1. The summed E-state index contributed by atoms with van der Waals surface area (Å²) >= 11 is 3.26. The molecule has 0 aliphatic carbocycles. The lowest BCUT2D eigenvalue weighted by atomic mass is 10.1. The van der Waals surface area contributed by atoms with E-state index in [0.29, 0.717) is 11.3 Å². The quantitative estimate of drug-likeness (QED) is 0.423. The number of nitrogens with zero attached hydrogens (tertiary/aromatic N) is 1. The van der Waals surface area contributed by atoms with Gasteiger partial charge in [-0.15, -0.1) is 0 Å². The number of carboxylic acids is 1. The van der Waals surface area contributed by atoms with Crippen LogP contribution in [0.15, 0.2) is 58.1 Å². The van der Waals surface area contributed by atoms with Gasteiger partial charge in [0.15, 0.2) is 0 Å². The van der Waals surface area contributed by atoms with Gasteiger partial charge in [-0.3, -0.25) is 9.59 Å². The molecule has 0 heterocycles. The molecular formula is C16H12BrN3O4. The molecule has 8 heteroatoms. The maximum atomic E-state index is 11.7. The van der Waals surface area contributed by atoms with Crippen molar-refractivity contribution in [2.75, 3.05) is 5.32 Å². The standard InChI is InChI=1S/C16H12BrN3O4/c17-11-5-7-12(8-6-11)19-14(21)15(22)20-18-9-10-3-1-2-4-13(10)16(23)24/h1-9H,(H,19,21)(H,20,22)(H,23,24)/b18-9-. The molecule has 0 saturated heterocycles. The smallest absolute Gasteiger partial charge is 0.336 e. The number of carbonyl (C=O) groups excluding carboxylic acids is 2. The molecule has 0 saturated carbocycles. The van der Waals surface area contributed by atoms with Crippen LogP contribution in [0.3, 0.4) is 0 Å². The molecule has 2 rings (SSSR count). The van der Waals surface area contributed by atoms with Crippen molar-refractivity contribution in [1.82, 2.24) is 5.43 Å². The number of amides is 2. The molecule has 2 aromatic rings. The molecule has 0 radical (unpaired) electrons. The van der Waals surface area contributed by atoms with Crippen molar-refractivity contribution in [2.24, 2.45) is 5.10 Å². The molecule has 0 atom stereocenters. The van der Waals surface area contributed by atoms with Crippen LogP contribution in [-0.2, 0) is 9.59 Å². The number of hydrogen-bond donors (Lipinski definition) is 3. The van der Waals surface area contributed by atoms with E-state index in [1.165, 1.54) is 12.1 Å². The number of rotatable bonds is 4. The molecule has 0 bridgehead atoms. The van der Waals surface area contributed by atoms with E-state index >= 15 is 0 Å². The predicted octanol–water partition coefficient (Wildman–Crippen LogP) is 2.24. The summed E-state index contributed by atoms with van der Waals surface area (Å²) in [7, 11) is 0. The average Bonchev–Trinajstić information content (AvgIpc) is 2.57. The van der Waals surface area contributed by atoms with Crippen LogP contribution in [0.4, 0.5) is 5.69 Å². The Morgan fingerprint density at radius 2 is 1.67 bits per heavy atom. The van der Waals surface area contributed by atoms with Crippen LogP contribution in [0.5, 0.6) is 0 Å². The average molecular weight is 390 g/mol. The SMILES string of the molecule is O=C(N/N=C\c1ccccc1C(=O)O)C(=O)Nc1ccc(Br)cc1. The lowest BCUT2D eigenvalue weighted by Crippen LogP contribution is -2.32. The Labute approximate surface area is 145 Å². The Balaban J connectivity index is 1.96. The second-order valence-electron chi connectivity index (χ2n) is 4.55. The van der Waals surface area contributed by atoms with Crippen LogP contribution in [0, 0.1) is 0 Å². The minimum atomic E-state index is -1.11. The zero-order chi connectivity index (χ0) is 17.5. The van der Waals surface area contributed by atoms with Gasteiger partial charge >= 0.3 is 17.8 Å². The van der Waals surface area contributed by atoms with Gasteiger partial charge in [0, 0.05) is 15.7 Å². The molecule has 7 nitrogen and oxygen atoms in total. The topological polar surface area (TPSA) is 108 Å². The molecule has 3 N–H and O–H groups in total. The van der Waals surface area contributed by atoms with E-state index in [1.807, 2.05) is 5.43 Å². The van der Waals surface area contributed by atoms with Crippen LogP contribution in [0.2, 0.25) is 0 Å². The third kappa shape index (κ3) is 4.75. The fourth-order valence-electron chi connectivity index (χ4n) is 1.74.